The van der Waals surface area contributed by atoms with E-state index in [1.54, 1.807) is 0 Å². The maximum atomic E-state index is 10.1. The van der Waals surface area contributed by atoms with E-state index in [9.17, 15) is 5.11 Å². The molecule has 0 aliphatic carbocycles. The third-order valence-corrected chi connectivity index (χ3v) is 2.70. The molecule has 0 saturated heterocycles. The third-order valence-electron chi connectivity index (χ3n) is 2.70. The number of hydrogen-bond acceptors (Lipinski definition) is 1. The van der Waals surface area contributed by atoms with Crippen molar-refractivity contribution >= 4 is 6.08 Å². The first-order chi connectivity index (χ1) is 7.65. The highest BCUT2D eigenvalue weighted by Gasteiger charge is 2.13. The molecule has 16 heavy (non-hydrogen) atoms. The molecule has 1 aromatic rings. The molecule has 1 nitrogen and oxygen atoms in total. The van der Waals surface area contributed by atoms with Crippen LogP contribution in [0.1, 0.15) is 39.2 Å². The Labute approximate surface area is 98.8 Å². The van der Waals surface area contributed by atoms with E-state index in [2.05, 4.69) is 39.0 Å². The average molecular weight is 218 g/mol. The molecular weight excluding hydrogens is 196 g/mol. The Morgan fingerprint density at radius 2 is 1.88 bits per heavy atom. The van der Waals surface area contributed by atoms with Crippen LogP contribution in [0, 0.1) is 5.92 Å². The molecule has 0 aromatic heterocycles. The molecule has 88 valence electrons. The lowest BCUT2D eigenvalue weighted by Crippen LogP contribution is -2.17. The van der Waals surface area contributed by atoms with Crippen LogP contribution in [-0.2, 0) is 0 Å². The van der Waals surface area contributed by atoms with Crippen molar-refractivity contribution in [2.45, 2.75) is 39.7 Å². The Hall–Kier alpha value is -1.08. The van der Waals surface area contributed by atoms with E-state index in [-0.39, 0.29) is 12.0 Å². The summed E-state index contributed by atoms with van der Waals surface area (Å²) in [4.78, 5) is 0. The van der Waals surface area contributed by atoms with Crippen molar-refractivity contribution in [3.63, 3.8) is 0 Å². The van der Waals surface area contributed by atoms with E-state index in [1.807, 2.05) is 18.2 Å². The first-order valence-electron chi connectivity index (χ1n) is 6.08. The van der Waals surface area contributed by atoms with Crippen LogP contribution in [0.2, 0.25) is 0 Å². The van der Waals surface area contributed by atoms with Crippen LogP contribution < -0.4 is 0 Å². The van der Waals surface area contributed by atoms with E-state index in [0.29, 0.717) is 0 Å². The van der Waals surface area contributed by atoms with Gasteiger partial charge in [-0.1, -0.05) is 63.6 Å². The molecule has 0 spiro atoms. The fourth-order valence-corrected chi connectivity index (χ4v) is 1.79. The molecule has 0 amide bonds. The number of aliphatic hydroxyl groups excluding tert-OH is 1. The fourth-order valence-electron chi connectivity index (χ4n) is 1.79. The molecule has 0 aliphatic heterocycles. The zero-order valence-corrected chi connectivity index (χ0v) is 10.5. The van der Waals surface area contributed by atoms with Gasteiger partial charge in [0.15, 0.2) is 0 Å². The summed E-state index contributed by atoms with van der Waals surface area (Å²) in [7, 11) is 0. The highest BCUT2D eigenvalue weighted by atomic mass is 16.3. The first-order valence-corrected chi connectivity index (χ1v) is 6.08. The minimum atomic E-state index is -0.319. The van der Waals surface area contributed by atoms with Crippen molar-refractivity contribution in [1.29, 1.82) is 0 Å². The molecule has 1 rings (SSSR count). The summed E-state index contributed by atoms with van der Waals surface area (Å²) in [6.07, 6.45) is 3.84. The van der Waals surface area contributed by atoms with E-state index in [4.69, 9.17) is 0 Å². The third kappa shape index (κ3) is 3.82. The van der Waals surface area contributed by atoms with Crippen molar-refractivity contribution in [3.05, 3.63) is 41.5 Å². The van der Waals surface area contributed by atoms with Crippen molar-refractivity contribution in [3.8, 4) is 0 Å². The Balaban J connectivity index is 2.89. The lowest BCUT2D eigenvalue weighted by atomic mass is 9.94. The summed E-state index contributed by atoms with van der Waals surface area (Å²) >= 11 is 0. The number of benzene rings is 1. The lowest BCUT2D eigenvalue weighted by molar-refractivity contribution is 0.157. The van der Waals surface area contributed by atoms with E-state index < -0.39 is 0 Å². The van der Waals surface area contributed by atoms with E-state index in [0.717, 1.165) is 18.4 Å². The van der Waals surface area contributed by atoms with Crippen molar-refractivity contribution < 1.29 is 5.11 Å². The topological polar surface area (TPSA) is 20.2 Å². The summed E-state index contributed by atoms with van der Waals surface area (Å²) in [6, 6.07) is 10.2. The van der Waals surface area contributed by atoms with Gasteiger partial charge in [0.1, 0.15) is 0 Å². The van der Waals surface area contributed by atoms with Gasteiger partial charge in [-0.05, 0) is 23.5 Å². The summed E-state index contributed by atoms with van der Waals surface area (Å²) in [5, 5.41) is 10.1. The minimum Gasteiger partial charge on any atom is -0.388 e. The Bertz CT molecular complexity index is 325. The minimum absolute atomic E-state index is 0.279. The van der Waals surface area contributed by atoms with Gasteiger partial charge >= 0.3 is 0 Å². The molecule has 0 radical (unpaired) electrons. The molecule has 0 bridgehead atoms. The maximum Gasteiger partial charge on any atom is 0.0776 e. The molecule has 1 aromatic carbocycles. The van der Waals surface area contributed by atoms with Gasteiger partial charge in [0, 0.05) is 0 Å². The number of rotatable bonds is 5. The van der Waals surface area contributed by atoms with Crippen LogP contribution in [0.25, 0.3) is 6.08 Å². The highest BCUT2D eigenvalue weighted by Crippen LogP contribution is 2.20. The molecule has 0 aliphatic rings. The average Bonchev–Trinajstić information content (AvgIpc) is 2.29. The van der Waals surface area contributed by atoms with Crippen LogP contribution in [0.5, 0.6) is 0 Å². The van der Waals surface area contributed by atoms with Crippen LogP contribution >= 0.6 is 0 Å². The SMILES string of the molecule is CCC/C(=C\c1ccccc1)[C@H](O)C(C)C. The molecule has 1 N–H and O–H groups in total. The van der Waals surface area contributed by atoms with Crippen molar-refractivity contribution in [2.24, 2.45) is 5.92 Å². The molecule has 0 heterocycles. The Morgan fingerprint density at radius 1 is 1.25 bits per heavy atom. The van der Waals surface area contributed by atoms with Gasteiger partial charge in [-0.3, -0.25) is 0 Å². The summed E-state index contributed by atoms with van der Waals surface area (Å²) in [6.45, 7) is 6.25. The first kappa shape index (κ1) is 13.0. The second-order valence-electron chi connectivity index (χ2n) is 4.57. The number of aliphatic hydroxyl groups is 1. The highest BCUT2D eigenvalue weighted by molar-refractivity contribution is 5.53. The quantitative estimate of drug-likeness (QED) is 0.795. The van der Waals surface area contributed by atoms with Crippen molar-refractivity contribution in [2.75, 3.05) is 0 Å². The summed E-state index contributed by atoms with van der Waals surface area (Å²) in [5.74, 6) is 0.279. The van der Waals surface area contributed by atoms with Gasteiger partial charge in [-0.25, -0.2) is 0 Å². The summed E-state index contributed by atoms with van der Waals surface area (Å²) in [5.41, 5.74) is 2.31. The largest absolute Gasteiger partial charge is 0.388 e. The van der Waals surface area contributed by atoms with Gasteiger partial charge in [-0.2, -0.15) is 0 Å². The zero-order valence-electron chi connectivity index (χ0n) is 10.5. The normalized spacial score (nSPS) is 14.2. The van der Waals surface area contributed by atoms with Crippen LogP contribution in [0.3, 0.4) is 0 Å². The van der Waals surface area contributed by atoms with Gasteiger partial charge in [0.2, 0.25) is 0 Å². The second-order valence-corrected chi connectivity index (χ2v) is 4.57. The van der Waals surface area contributed by atoms with E-state index in [1.165, 1.54) is 5.56 Å². The van der Waals surface area contributed by atoms with Gasteiger partial charge in [0.05, 0.1) is 6.10 Å². The maximum absolute atomic E-state index is 10.1. The predicted molar refractivity (Wildman–Crippen MR) is 70.2 cm³/mol. The molecule has 1 heteroatoms. The molecule has 0 unspecified atom stereocenters. The smallest absolute Gasteiger partial charge is 0.0776 e. The predicted octanol–water partition coefficient (Wildman–Crippen LogP) is 3.89. The molecular formula is C15H22O. The second kappa shape index (κ2) is 6.49. The van der Waals surface area contributed by atoms with Crippen LogP contribution in [-0.4, -0.2) is 11.2 Å². The zero-order chi connectivity index (χ0) is 12.0. The molecule has 1 atom stereocenters. The number of hydrogen-bond donors (Lipinski definition) is 1. The van der Waals surface area contributed by atoms with Crippen LogP contribution in [0.4, 0.5) is 0 Å². The van der Waals surface area contributed by atoms with Crippen LogP contribution in [0.15, 0.2) is 35.9 Å². The van der Waals surface area contributed by atoms with Crippen molar-refractivity contribution in [1.82, 2.24) is 0 Å². The van der Waals surface area contributed by atoms with Gasteiger partial charge < -0.3 is 5.11 Å². The van der Waals surface area contributed by atoms with E-state index >= 15 is 0 Å². The molecule has 0 saturated carbocycles. The Kier molecular flexibility index (Phi) is 5.27. The summed E-state index contributed by atoms with van der Waals surface area (Å²) < 4.78 is 0. The Morgan fingerprint density at radius 3 is 2.38 bits per heavy atom. The van der Waals surface area contributed by atoms with Gasteiger partial charge in [-0.15, -0.1) is 0 Å². The monoisotopic (exact) mass is 218 g/mol. The molecule has 0 fully saturated rings. The fraction of sp³-hybridized carbons (Fsp3) is 0.467. The lowest BCUT2D eigenvalue weighted by Gasteiger charge is -2.18. The van der Waals surface area contributed by atoms with Gasteiger partial charge in [0.25, 0.3) is 0 Å². The standard InChI is InChI=1S/C15H22O/c1-4-8-14(15(16)12(2)3)11-13-9-6-5-7-10-13/h5-7,9-12,15-16H,4,8H2,1-3H3/b14-11+/t15-/m1/s1.